The van der Waals surface area contributed by atoms with Gasteiger partial charge in [0, 0.05) is 52.3 Å². The first-order chi connectivity index (χ1) is 19.5. The Bertz CT molecular complexity index is 1650. The first-order valence-electron chi connectivity index (χ1n) is 13.2. The summed E-state index contributed by atoms with van der Waals surface area (Å²) in [6.45, 7) is 5.70. The van der Waals surface area contributed by atoms with E-state index in [9.17, 15) is 19.5 Å². The Morgan fingerprint density at radius 1 is 0.902 bits per heavy atom. The third-order valence-electron chi connectivity index (χ3n) is 6.74. The number of phenols is 1. The summed E-state index contributed by atoms with van der Waals surface area (Å²) in [5, 5.41) is 17.7. The Morgan fingerprint density at radius 3 is 2.29 bits per heavy atom. The van der Waals surface area contributed by atoms with Crippen molar-refractivity contribution in [1.82, 2.24) is 0 Å². The van der Waals surface area contributed by atoms with Gasteiger partial charge in [-0.3, -0.25) is 14.9 Å². The van der Waals surface area contributed by atoms with E-state index in [-0.39, 0.29) is 23.5 Å². The number of hydrogen-bond donors (Lipinski definition) is 3. The van der Waals surface area contributed by atoms with Crippen molar-refractivity contribution in [2.24, 2.45) is 0 Å². The fraction of sp³-hybridized carbons (Fsp3) is 0.219. The number of nitrogens with zero attached hydrogens (tertiary/aromatic N) is 1. The third-order valence-corrected chi connectivity index (χ3v) is 7.11. The van der Waals surface area contributed by atoms with E-state index in [4.69, 9.17) is 16.3 Å². The van der Waals surface area contributed by atoms with Crippen LogP contribution in [0.4, 0.5) is 21.9 Å². The predicted octanol–water partition coefficient (Wildman–Crippen LogP) is 7.13. The number of rotatable bonds is 5. The van der Waals surface area contributed by atoms with Gasteiger partial charge in [0.25, 0.3) is 11.8 Å². The van der Waals surface area contributed by atoms with Gasteiger partial charge < -0.3 is 20.1 Å². The number of carbonyl (C=O) groups excluding carboxylic acids is 3. The average molecular weight is 572 g/mol. The number of fused-ring (bicyclic) bond motifs is 3. The van der Waals surface area contributed by atoms with Crippen LogP contribution in [0.25, 0.3) is 10.8 Å². The maximum Gasteiger partial charge on any atom is 0.412 e. The van der Waals surface area contributed by atoms with Gasteiger partial charge in [-0.25, -0.2) is 4.79 Å². The van der Waals surface area contributed by atoms with E-state index in [1.807, 2.05) is 24.3 Å². The van der Waals surface area contributed by atoms with Gasteiger partial charge in [0.15, 0.2) is 0 Å². The van der Waals surface area contributed by atoms with Crippen molar-refractivity contribution in [2.75, 3.05) is 28.0 Å². The Labute approximate surface area is 242 Å². The van der Waals surface area contributed by atoms with Crippen LogP contribution >= 0.6 is 11.6 Å². The van der Waals surface area contributed by atoms with Crippen LogP contribution in [0.3, 0.4) is 0 Å². The number of halogens is 1. The highest BCUT2D eigenvalue weighted by molar-refractivity contribution is 6.19. The monoisotopic (exact) mass is 571 g/mol. The first-order valence-corrected chi connectivity index (χ1v) is 13.7. The second kappa shape index (κ2) is 11.1. The number of nitrogens with one attached hydrogen (secondary N) is 2. The molecule has 5 rings (SSSR count). The Kier molecular flexibility index (Phi) is 7.60. The molecular weight excluding hydrogens is 542 g/mol. The molecule has 8 nitrogen and oxygen atoms in total. The number of anilines is 3. The van der Waals surface area contributed by atoms with Gasteiger partial charge in [-0.2, -0.15) is 0 Å². The molecule has 0 unspecified atom stereocenters. The van der Waals surface area contributed by atoms with Crippen molar-refractivity contribution in [1.29, 1.82) is 0 Å². The number of amides is 3. The molecule has 3 amide bonds. The van der Waals surface area contributed by atoms with Gasteiger partial charge in [0.05, 0.1) is 5.69 Å². The molecule has 210 valence electrons. The standard InChI is InChI=1S/C32H30ClN3O5/c1-32(2,3)41-31(40)35-23-8-6-7-20(15-23)29(38)34-22-13-11-19(12-14-22)30(39)36-18-21(17-33)28-25-10-5-4-9-24(25)27(37)16-26(28)36/h4-16,21,37H,17-18H2,1-3H3,(H,34,38)(H,35,40)/t21-/m1/s1. The molecule has 9 heteroatoms. The van der Waals surface area contributed by atoms with Gasteiger partial charge in [-0.05, 0) is 74.2 Å². The van der Waals surface area contributed by atoms with Crippen LogP contribution in [0, 0.1) is 0 Å². The minimum Gasteiger partial charge on any atom is -0.507 e. The molecule has 0 bridgehead atoms. The number of hydrogen-bond acceptors (Lipinski definition) is 5. The summed E-state index contributed by atoms with van der Waals surface area (Å²) in [7, 11) is 0. The van der Waals surface area contributed by atoms with E-state index in [0.717, 1.165) is 16.3 Å². The van der Waals surface area contributed by atoms with Gasteiger partial charge in [-0.15, -0.1) is 11.6 Å². The molecule has 4 aromatic carbocycles. The second-order valence-corrected chi connectivity index (χ2v) is 11.2. The Balaban J connectivity index is 1.30. The lowest BCUT2D eigenvalue weighted by molar-refractivity contribution is 0.0635. The number of ether oxygens (including phenoxy) is 1. The summed E-state index contributed by atoms with van der Waals surface area (Å²) >= 11 is 6.30. The number of aromatic hydroxyl groups is 1. The zero-order chi connectivity index (χ0) is 29.3. The van der Waals surface area contributed by atoms with E-state index in [1.54, 1.807) is 80.3 Å². The molecule has 1 aliphatic rings. The molecule has 41 heavy (non-hydrogen) atoms. The lowest BCUT2D eigenvalue weighted by atomic mass is 9.95. The molecule has 1 aliphatic heterocycles. The van der Waals surface area contributed by atoms with Gasteiger partial charge >= 0.3 is 6.09 Å². The lowest BCUT2D eigenvalue weighted by Gasteiger charge is -2.19. The molecule has 3 N–H and O–H groups in total. The maximum absolute atomic E-state index is 13.6. The topological polar surface area (TPSA) is 108 Å². The van der Waals surface area contributed by atoms with Crippen molar-refractivity contribution in [3.8, 4) is 5.75 Å². The average Bonchev–Trinajstić information content (AvgIpc) is 3.31. The van der Waals surface area contributed by atoms with Crippen molar-refractivity contribution >= 4 is 57.3 Å². The van der Waals surface area contributed by atoms with E-state index in [0.29, 0.717) is 40.6 Å². The fourth-order valence-corrected chi connectivity index (χ4v) is 5.21. The van der Waals surface area contributed by atoms with Crippen molar-refractivity contribution in [2.45, 2.75) is 32.3 Å². The molecule has 0 aromatic heterocycles. The van der Waals surface area contributed by atoms with Crippen molar-refractivity contribution in [3.05, 3.63) is 95.6 Å². The second-order valence-electron chi connectivity index (χ2n) is 10.9. The minimum absolute atomic E-state index is 0.0692. The third kappa shape index (κ3) is 5.98. The molecule has 4 aromatic rings. The SMILES string of the molecule is CC(C)(C)OC(=O)Nc1cccc(C(=O)Nc2ccc(C(=O)N3C[C@@H](CCl)c4c3cc(O)c3ccccc43)cc2)c1. The van der Waals surface area contributed by atoms with E-state index < -0.39 is 11.7 Å². The summed E-state index contributed by atoms with van der Waals surface area (Å²) < 4.78 is 5.26. The molecule has 1 atom stereocenters. The summed E-state index contributed by atoms with van der Waals surface area (Å²) in [6.07, 6.45) is -0.614. The summed E-state index contributed by atoms with van der Waals surface area (Å²) in [6, 6.07) is 22.3. The fourth-order valence-electron chi connectivity index (χ4n) is 4.96. The zero-order valence-corrected chi connectivity index (χ0v) is 23.7. The van der Waals surface area contributed by atoms with Crippen LogP contribution in [-0.2, 0) is 4.74 Å². The lowest BCUT2D eigenvalue weighted by Crippen LogP contribution is -2.30. The quantitative estimate of drug-likeness (QED) is 0.221. The molecular formula is C32H30ClN3O5. The van der Waals surface area contributed by atoms with E-state index in [2.05, 4.69) is 10.6 Å². The number of benzene rings is 4. The molecule has 0 saturated carbocycles. The van der Waals surface area contributed by atoms with Gasteiger partial charge in [0.2, 0.25) is 0 Å². The van der Waals surface area contributed by atoms with Crippen LogP contribution in [-0.4, -0.2) is 41.0 Å². The number of alkyl halides is 1. The first kappa shape index (κ1) is 28.0. The van der Waals surface area contributed by atoms with Crippen molar-refractivity contribution in [3.63, 3.8) is 0 Å². The molecule has 0 saturated heterocycles. The molecule has 0 fully saturated rings. The predicted molar refractivity (Wildman–Crippen MR) is 161 cm³/mol. The number of phenolic OH excluding ortho intramolecular Hbond substituents is 1. The van der Waals surface area contributed by atoms with E-state index >= 15 is 0 Å². The maximum atomic E-state index is 13.6. The van der Waals surface area contributed by atoms with Gasteiger partial charge in [-0.1, -0.05) is 30.3 Å². The summed E-state index contributed by atoms with van der Waals surface area (Å²) in [5.41, 5.74) is 2.65. The normalized spacial score (nSPS) is 14.4. The molecule has 0 radical (unpaired) electrons. The zero-order valence-electron chi connectivity index (χ0n) is 22.9. The van der Waals surface area contributed by atoms with Crippen LogP contribution in [0.2, 0.25) is 0 Å². The highest BCUT2D eigenvalue weighted by Crippen LogP contribution is 2.45. The highest BCUT2D eigenvalue weighted by atomic mass is 35.5. The highest BCUT2D eigenvalue weighted by Gasteiger charge is 2.34. The van der Waals surface area contributed by atoms with Crippen LogP contribution in [0.1, 0.15) is 53.0 Å². The van der Waals surface area contributed by atoms with Gasteiger partial charge in [0.1, 0.15) is 11.4 Å². The molecule has 0 aliphatic carbocycles. The largest absolute Gasteiger partial charge is 0.507 e. The van der Waals surface area contributed by atoms with Crippen LogP contribution in [0.15, 0.2) is 78.9 Å². The Morgan fingerprint density at radius 2 is 1.61 bits per heavy atom. The minimum atomic E-state index is -0.646. The van der Waals surface area contributed by atoms with Crippen molar-refractivity contribution < 1.29 is 24.2 Å². The smallest absolute Gasteiger partial charge is 0.412 e. The van der Waals surface area contributed by atoms with E-state index in [1.165, 1.54) is 0 Å². The molecule has 1 heterocycles. The summed E-state index contributed by atoms with van der Waals surface area (Å²) in [4.78, 5) is 40.2. The summed E-state index contributed by atoms with van der Waals surface area (Å²) in [5.74, 6) is -0.230. The Hall–Kier alpha value is -4.56. The van der Waals surface area contributed by atoms with Crippen LogP contribution < -0.4 is 15.5 Å². The molecule has 0 spiro atoms. The number of carbonyl (C=O) groups is 3. The van der Waals surface area contributed by atoms with Crippen LogP contribution in [0.5, 0.6) is 5.75 Å².